The lowest BCUT2D eigenvalue weighted by Crippen LogP contribution is -2.22. The summed E-state index contributed by atoms with van der Waals surface area (Å²) in [6.45, 7) is 9.73. The van der Waals surface area contributed by atoms with Crippen LogP contribution in [0, 0.1) is 19.7 Å². The highest BCUT2D eigenvalue weighted by molar-refractivity contribution is 7.99. The molecule has 5 nitrogen and oxygen atoms in total. The first-order chi connectivity index (χ1) is 15.9. The average Bonchev–Trinajstić information content (AvgIpc) is 2.73. The second kappa shape index (κ2) is 10.2. The number of carboxylic acid groups (broad SMARTS) is 1. The van der Waals surface area contributed by atoms with Gasteiger partial charge in [0.2, 0.25) is 0 Å². The van der Waals surface area contributed by atoms with E-state index in [4.69, 9.17) is 5.11 Å². The lowest BCUT2D eigenvalue weighted by molar-refractivity contribution is -0.136. The Balaban J connectivity index is 0.000000588. The number of aliphatic carboxylic acids is 1. The van der Waals surface area contributed by atoms with Gasteiger partial charge in [0, 0.05) is 17.4 Å². The Labute approximate surface area is 204 Å². The van der Waals surface area contributed by atoms with Gasteiger partial charge in [-0.2, -0.15) is 0 Å². The summed E-state index contributed by atoms with van der Waals surface area (Å²) in [5, 5.41) is 18.1. The first kappa shape index (κ1) is 25.7. The molecule has 4 rings (SSSR count). The summed E-state index contributed by atoms with van der Waals surface area (Å²) in [4.78, 5) is 16.0. The largest absolute Gasteiger partial charge is 0.481 e. The third kappa shape index (κ3) is 5.96. The smallest absolute Gasteiger partial charge is 0.307 e. The highest BCUT2D eigenvalue weighted by Gasteiger charge is 2.28. The van der Waals surface area contributed by atoms with Crippen molar-refractivity contribution in [3.63, 3.8) is 0 Å². The van der Waals surface area contributed by atoms with Crippen LogP contribution in [0.15, 0.2) is 42.6 Å². The first-order valence-corrected chi connectivity index (χ1v) is 12.2. The summed E-state index contributed by atoms with van der Waals surface area (Å²) in [5.74, 6) is -1.22. The molecule has 2 N–H and O–H groups in total. The summed E-state index contributed by atoms with van der Waals surface area (Å²) >= 11 is 1.54. The van der Waals surface area contributed by atoms with Crippen molar-refractivity contribution in [3.05, 3.63) is 70.7 Å². The molecule has 0 saturated heterocycles. The molecule has 2 heterocycles. The number of hydrogen-bond acceptors (Lipinski definition) is 5. The molecule has 0 unspecified atom stereocenters. The van der Waals surface area contributed by atoms with E-state index < -0.39 is 11.6 Å². The number of carbonyl (C=O) groups is 1. The van der Waals surface area contributed by atoms with Crippen molar-refractivity contribution in [1.29, 1.82) is 0 Å². The molecule has 0 spiro atoms. The number of fused-ring (bicyclic) bond motifs is 3. The third-order valence-corrected chi connectivity index (χ3v) is 6.09. The van der Waals surface area contributed by atoms with Crippen LogP contribution in [-0.2, 0) is 17.8 Å². The summed E-state index contributed by atoms with van der Waals surface area (Å²) in [7, 11) is 0. The van der Waals surface area contributed by atoms with Gasteiger partial charge in [-0.1, -0.05) is 41.8 Å². The van der Waals surface area contributed by atoms with Gasteiger partial charge in [0.1, 0.15) is 5.82 Å². The molecule has 34 heavy (non-hydrogen) atoms. The maximum Gasteiger partial charge on any atom is 0.307 e. The van der Waals surface area contributed by atoms with Crippen LogP contribution in [0.1, 0.15) is 43.0 Å². The zero-order valence-electron chi connectivity index (χ0n) is 20.4. The molecule has 0 fully saturated rings. The molecule has 1 aliphatic rings. The van der Waals surface area contributed by atoms with Crippen molar-refractivity contribution in [2.45, 2.75) is 53.2 Å². The SMILES string of the molecule is CC(C)(C)O.CSN1Cc2cc(F)cnc2-c2cc(-c3ccc(C)cc3)c(CC(=O)O)c(C)c21. The summed E-state index contributed by atoms with van der Waals surface area (Å²) in [6, 6.07) is 11.6. The van der Waals surface area contributed by atoms with Gasteiger partial charge in [-0.15, -0.1) is 0 Å². The quantitative estimate of drug-likeness (QED) is 0.433. The van der Waals surface area contributed by atoms with Crippen molar-refractivity contribution in [3.8, 4) is 22.4 Å². The van der Waals surface area contributed by atoms with E-state index in [1.165, 1.54) is 24.2 Å². The van der Waals surface area contributed by atoms with Crippen LogP contribution in [0.2, 0.25) is 0 Å². The van der Waals surface area contributed by atoms with Gasteiger partial charge in [-0.05, 0) is 69.0 Å². The van der Waals surface area contributed by atoms with E-state index in [-0.39, 0.29) is 12.2 Å². The highest BCUT2D eigenvalue weighted by Crippen LogP contribution is 2.46. The molecule has 0 atom stereocenters. The van der Waals surface area contributed by atoms with E-state index in [2.05, 4.69) is 9.29 Å². The van der Waals surface area contributed by atoms with Gasteiger partial charge in [-0.3, -0.25) is 9.78 Å². The van der Waals surface area contributed by atoms with Gasteiger partial charge in [0.15, 0.2) is 0 Å². The van der Waals surface area contributed by atoms with Crippen molar-refractivity contribution in [1.82, 2.24) is 4.98 Å². The minimum atomic E-state index is -0.867. The standard InChI is InChI=1S/C23H21FN2O2S.C4H10O/c1-13-4-6-15(7-5-13)19-9-20-22-16(8-17(24)11-25-22)12-26(29-3)23(20)14(2)18(19)10-21(27)28;1-4(2,3)5/h4-9,11H,10,12H2,1-3H3,(H,27,28);5H,1-3H3. The number of aromatic nitrogens is 1. The molecule has 0 radical (unpaired) electrons. The molecule has 0 amide bonds. The van der Waals surface area contributed by atoms with Crippen molar-refractivity contribution < 1.29 is 19.4 Å². The van der Waals surface area contributed by atoms with Gasteiger partial charge in [-0.25, -0.2) is 4.39 Å². The zero-order valence-corrected chi connectivity index (χ0v) is 21.3. The van der Waals surface area contributed by atoms with E-state index >= 15 is 0 Å². The summed E-state index contributed by atoms with van der Waals surface area (Å²) in [6.07, 6.45) is 3.14. The monoisotopic (exact) mass is 482 g/mol. The normalized spacial score (nSPS) is 12.4. The molecule has 0 saturated carbocycles. The zero-order chi connectivity index (χ0) is 25.2. The molecule has 7 heteroatoms. The van der Waals surface area contributed by atoms with Crippen molar-refractivity contribution >= 4 is 23.6 Å². The number of halogens is 1. The van der Waals surface area contributed by atoms with Gasteiger partial charge >= 0.3 is 5.97 Å². The topological polar surface area (TPSA) is 73.7 Å². The third-order valence-electron chi connectivity index (χ3n) is 5.34. The van der Waals surface area contributed by atoms with Crippen LogP contribution in [-0.4, -0.2) is 33.0 Å². The Kier molecular flexibility index (Phi) is 7.68. The van der Waals surface area contributed by atoms with Gasteiger partial charge < -0.3 is 14.5 Å². The maximum absolute atomic E-state index is 13.8. The van der Waals surface area contributed by atoms with Crippen LogP contribution in [0.3, 0.4) is 0 Å². The predicted octanol–water partition coefficient (Wildman–Crippen LogP) is 6.17. The van der Waals surface area contributed by atoms with Crippen LogP contribution in [0.5, 0.6) is 0 Å². The molecular weight excluding hydrogens is 451 g/mol. The first-order valence-electron chi connectivity index (χ1n) is 11.0. The van der Waals surface area contributed by atoms with Crippen LogP contribution < -0.4 is 4.31 Å². The molecule has 0 bridgehead atoms. The van der Waals surface area contributed by atoms with E-state index in [1.54, 1.807) is 20.8 Å². The van der Waals surface area contributed by atoms with Crippen LogP contribution >= 0.6 is 11.9 Å². The number of aryl methyl sites for hydroxylation is 1. The van der Waals surface area contributed by atoms with Gasteiger partial charge in [0.25, 0.3) is 0 Å². The molecule has 1 aliphatic heterocycles. The second-order valence-electron chi connectivity index (χ2n) is 9.41. The fourth-order valence-corrected chi connectivity index (χ4v) is 4.64. The number of rotatable bonds is 4. The highest BCUT2D eigenvalue weighted by atomic mass is 32.2. The Hall–Kier alpha value is -2.90. The second-order valence-corrected chi connectivity index (χ2v) is 10.2. The Morgan fingerprint density at radius 2 is 1.76 bits per heavy atom. The summed E-state index contributed by atoms with van der Waals surface area (Å²) in [5.41, 5.74) is 7.64. The Bertz CT molecular complexity index is 1200. The molecule has 180 valence electrons. The van der Waals surface area contributed by atoms with E-state index in [0.717, 1.165) is 50.3 Å². The minimum absolute atomic E-state index is 0.0613. The molecule has 3 aromatic rings. The van der Waals surface area contributed by atoms with Crippen molar-refractivity contribution in [2.24, 2.45) is 0 Å². The maximum atomic E-state index is 13.8. The Morgan fingerprint density at radius 1 is 1.15 bits per heavy atom. The lowest BCUT2D eigenvalue weighted by atomic mass is 9.86. The number of carboxylic acids is 1. The molecule has 2 aromatic carbocycles. The van der Waals surface area contributed by atoms with E-state index in [0.29, 0.717) is 6.54 Å². The number of nitrogens with zero attached hydrogens (tertiary/aromatic N) is 2. The van der Waals surface area contributed by atoms with E-state index in [9.17, 15) is 14.3 Å². The Morgan fingerprint density at radius 3 is 2.32 bits per heavy atom. The molecular formula is C27H31FN2O3S. The number of benzene rings is 2. The van der Waals surface area contributed by atoms with E-state index in [1.807, 2.05) is 50.4 Å². The molecule has 1 aromatic heterocycles. The lowest BCUT2D eigenvalue weighted by Gasteiger charge is -2.33. The number of hydrogen-bond donors (Lipinski definition) is 2. The number of aliphatic hydroxyl groups is 1. The number of pyridine rings is 1. The van der Waals surface area contributed by atoms with Crippen LogP contribution in [0.4, 0.5) is 10.1 Å². The minimum Gasteiger partial charge on any atom is -0.481 e. The number of anilines is 1. The average molecular weight is 483 g/mol. The molecule has 0 aliphatic carbocycles. The summed E-state index contributed by atoms with van der Waals surface area (Å²) < 4.78 is 15.9. The fraction of sp³-hybridized carbons (Fsp3) is 0.333. The fourth-order valence-electron chi connectivity index (χ4n) is 3.95. The van der Waals surface area contributed by atoms with Crippen molar-refractivity contribution in [2.75, 3.05) is 10.6 Å². The van der Waals surface area contributed by atoms with Crippen LogP contribution in [0.25, 0.3) is 22.4 Å². The predicted molar refractivity (Wildman–Crippen MR) is 138 cm³/mol. The van der Waals surface area contributed by atoms with Gasteiger partial charge in [0.05, 0.1) is 36.1 Å².